The fourth-order valence-electron chi connectivity index (χ4n) is 1.31. The zero-order valence-electron chi connectivity index (χ0n) is 8.32. The number of pyridine rings is 1. The summed E-state index contributed by atoms with van der Waals surface area (Å²) in [6.45, 7) is 4.24. The lowest BCUT2D eigenvalue weighted by Crippen LogP contribution is -1.93. The smallest absolute Gasteiger partial charge is 0.200 e. The quantitative estimate of drug-likeness (QED) is 0.788. The first-order valence-corrected chi connectivity index (χ1v) is 4.67. The molecule has 14 heavy (non-hydrogen) atoms. The van der Waals surface area contributed by atoms with Crippen LogP contribution in [0.5, 0.6) is 0 Å². The lowest BCUT2D eigenvalue weighted by molar-refractivity contribution is 0.482. The van der Waals surface area contributed by atoms with Crippen LogP contribution in [0.3, 0.4) is 0 Å². The molecular formula is C10H13N3O. The molecule has 0 unspecified atom stereocenters. The summed E-state index contributed by atoms with van der Waals surface area (Å²) in [5, 5.41) is 0. The van der Waals surface area contributed by atoms with Gasteiger partial charge in [-0.2, -0.15) is 4.98 Å². The highest BCUT2D eigenvalue weighted by atomic mass is 16.3. The summed E-state index contributed by atoms with van der Waals surface area (Å²) in [4.78, 5) is 8.33. The fraction of sp³-hybridized carbons (Fsp3) is 0.400. The number of nitrogens with zero attached hydrogens (tertiary/aromatic N) is 2. The van der Waals surface area contributed by atoms with Gasteiger partial charge < -0.3 is 10.2 Å². The molecule has 2 rings (SSSR count). The summed E-state index contributed by atoms with van der Waals surface area (Å²) in [5.74, 6) is 1.73. The summed E-state index contributed by atoms with van der Waals surface area (Å²) in [6.07, 6.45) is 0.830. The minimum Gasteiger partial charge on any atom is -0.439 e. The maximum atomic E-state index is 5.54. The number of hydrogen-bond acceptors (Lipinski definition) is 4. The number of fused-ring (bicyclic) bond motifs is 1. The van der Waals surface area contributed by atoms with Gasteiger partial charge >= 0.3 is 0 Å². The Kier molecular flexibility index (Phi) is 2.11. The summed E-state index contributed by atoms with van der Waals surface area (Å²) >= 11 is 0. The Morgan fingerprint density at radius 1 is 1.36 bits per heavy atom. The molecular weight excluding hydrogens is 178 g/mol. The Morgan fingerprint density at radius 2 is 2.14 bits per heavy atom. The van der Waals surface area contributed by atoms with Gasteiger partial charge in [0.2, 0.25) is 5.65 Å². The molecule has 0 aromatic carbocycles. The maximum absolute atomic E-state index is 5.54. The molecule has 4 heteroatoms. The van der Waals surface area contributed by atoms with Gasteiger partial charge in [-0.15, -0.1) is 0 Å². The molecule has 0 fully saturated rings. The van der Waals surface area contributed by atoms with Crippen molar-refractivity contribution < 1.29 is 4.42 Å². The molecule has 0 aliphatic rings. The number of nitrogens with two attached hydrogens (primary N) is 1. The topological polar surface area (TPSA) is 64.9 Å². The van der Waals surface area contributed by atoms with Gasteiger partial charge in [-0.05, 0) is 18.1 Å². The van der Waals surface area contributed by atoms with Crippen molar-refractivity contribution in [2.45, 2.75) is 20.3 Å². The SMILES string of the molecule is CC(C)Cc1nc2nc(N)ccc2o1. The minimum atomic E-state index is 0.474. The van der Waals surface area contributed by atoms with E-state index in [-0.39, 0.29) is 0 Å². The highest BCUT2D eigenvalue weighted by Gasteiger charge is 2.08. The minimum absolute atomic E-state index is 0.474. The van der Waals surface area contributed by atoms with Crippen LogP contribution < -0.4 is 5.73 Å². The van der Waals surface area contributed by atoms with Crippen molar-refractivity contribution in [1.82, 2.24) is 9.97 Å². The summed E-state index contributed by atoms with van der Waals surface area (Å²) in [7, 11) is 0. The number of rotatable bonds is 2. The first-order valence-electron chi connectivity index (χ1n) is 4.67. The van der Waals surface area contributed by atoms with Crippen LogP contribution in [0.1, 0.15) is 19.7 Å². The lowest BCUT2D eigenvalue weighted by atomic mass is 10.1. The van der Waals surface area contributed by atoms with Crippen molar-refractivity contribution in [2.24, 2.45) is 5.92 Å². The molecule has 0 atom stereocenters. The molecule has 0 amide bonds. The Hall–Kier alpha value is -1.58. The van der Waals surface area contributed by atoms with E-state index in [1.54, 1.807) is 12.1 Å². The third kappa shape index (κ3) is 1.69. The Balaban J connectivity index is 2.41. The maximum Gasteiger partial charge on any atom is 0.200 e. The van der Waals surface area contributed by atoms with Crippen LogP contribution in [0.4, 0.5) is 5.82 Å². The van der Waals surface area contributed by atoms with Gasteiger partial charge in [0.15, 0.2) is 11.5 Å². The molecule has 0 aliphatic heterocycles. The van der Waals surface area contributed by atoms with E-state index in [1.807, 2.05) is 0 Å². The molecule has 0 radical (unpaired) electrons. The van der Waals surface area contributed by atoms with Crippen molar-refractivity contribution >= 4 is 17.0 Å². The summed E-state index contributed by atoms with van der Waals surface area (Å²) < 4.78 is 5.50. The highest BCUT2D eigenvalue weighted by molar-refractivity contribution is 5.69. The number of anilines is 1. The zero-order chi connectivity index (χ0) is 10.1. The molecule has 2 aromatic heterocycles. The van der Waals surface area contributed by atoms with Crippen LogP contribution in [0.25, 0.3) is 11.2 Å². The Bertz CT molecular complexity index is 448. The second-order valence-corrected chi connectivity index (χ2v) is 3.76. The molecule has 4 nitrogen and oxygen atoms in total. The van der Waals surface area contributed by atoms with Crippen molar-refractivity contribution in [1.29, 1.82) is 0 Å². The average molecular weight is 191 g/mol. The second kappa shape index (κ2) is 3.29. The van der Waals surface area contributed by atoms with Gasteiger partial charge in [-0.25, -0.2) is 4.98 Å². The van der Waals surface area contributed by atoms with E-state index >= 15 is 0 Å². The Labute approximate surface area is 82.1 Å². The lowest BCUT2D eigenvalue weighted by Gasteiger charge is -1.96. The molecule has 2 heterocycles. The second-order valence-electron chi connectivity index (χ2n) is 3.76. The van der Waals surface area contributed by atoms with E-state index in [9.17, 15) is 0 Å². The Morgan fingerprint density at radius 3 is 2.86 bits per heavy atom. The monoisotopic (exact) mass is 191 g/mol. The van der Waals surface area contributed by atoms with Crippen molar-refractivity contribution in [3.8, 4) is 0 Å². The van der Waals surface area contributed by atoms with Gasteiger partial charge in [0.1, 0.15) is 5.82 Å². The van der Waals surface area contributed by atoms with Gasteiger partial charge in [0.25, 0.3) is 0 Å². The van der Waals surface area contributed by atoms with Crippen molar-refractivity contribution in [3.05, 3.63) is 18.0 Å². The molecule has 0 saturated heterocycles. The first kappa shape index (κ1) is 8.99. The van der Waals surface area contributed by atoms with Crippen molar-refractivity contribution in [2.75, 3.05) is 5.73 Å². The van der Waals surface area contributed by atoms with Gasteiger partial charge in [-0.1, -0.05) is 13.8 Å². The summed E-state index contributed by atoms with van der Waals surface area (Å²) in [6, 6.07) is 3.52. The molecule has 0 aliphatic carbocycles. The predicted molar refractivity (Wildman–Crippen MR) is 54.8 cm³/mol. The predicted octanol–water partition coefficient (Wildman–Crippen LogP) is 2.00. The first-order chi connectivity index (χ1) is 6.65. The molecule has 2 N–H and O–H groups in total. The van der Waals surface area contributed by atoms with Crippen molar-refractivity contribution in [3.63, 3.8) is 0 Å². The van der Waals surface area contributed by atoms with Crippen LogP contribution in [-0.2, 0) is 6.42 Å². The van der Waals surface area contributed by atoms with E-state index < -0.39 is 0 Å². The summed E-state index contributed by atoms with van der Waals surface area (Å²) in [5.41, 5.74) is 6.84. The largest absolute Gasteiger partial charge is 0.439 e. The molecule has 0 bridgehead atoms. The van der Waals surface area contributed by atoms with Gasteiger partial charge in [-0.3, -0.25) is 0 Å². The third-order valence-electron chi connectivity index (χ3n) is 1.90. The van der Waals surface area contributed by atoms with E-state index in [4.69, 9.17) is 10.2 Å². The van der Waals surface area contributed by atoms with E-state index in [0.29, 0.717) is 23.0 Å². The van der Waals surface area contributed by atoms with E-state index in [1.165, 1.54) is 0 Å². The van der Waals surface area contributed by atoms with E-state index in [2.05, 4.69) is 23.8 Å². The average Bonchev–Trinajstić information content (AvgIpc) is 2.44. The number of aromatic nitrogens is 2. The number of nitrogen functional groups attached to an aromatic ring is 1. The number of hydrogen-bond donors (Lipinski definition) is 1. The molecule has 2 aromatic rings. The molecule has 0 spiro atoms. The normalized spacial score (nSPS) is 11.4. The zero-order valence-corrected chi connectivity index (χ0v) is 8.32. The highest BCUT2D eigenvalue weighted by Crippen LogP contribution is 2.16. The van der Waals surface area contributed by atoms with Crippen LogP contribution in [0.2, 0.25) is 0 Å². The van der Waals surface area contributed by atoms with Crippen LogP contribution >= 0.6 is 0 Å². The van der Waals surface area contributed by atoms with Crippen LogP contribution in [0, 0.1) is 5.92 Å². The third-order valence-corrected chi connectivity index (χ3v) is 1.90. The van der Waals surface area contributed by atoms with Crippen LogP contribution in [-0.4, -0.2) is 9.97 Å². The molecule has 0 saturated carbocycles. The van der Waals surface area contributed by atoms with Gasteiger partial charge in [0.05, 0.1) is 0 Å². The number of oxazole rings is 1. The van der Waals surface area contributed by atoms with Gasteiger partial charge in [0, 0.05) is 6.42 Å². The molecule has 74 valence electrons. The fourth-order valence-corrected chi connectivity index (χ4v) is 1.31. The van der Waals surface area contributed by atoms with Crippen LogP contribution in [0.15, 0.2) is 16.5 Å². The standard InChI is InChI=1S/C10H13N3O/c1-6(2)5-9-13-10-7(14-9)3-4-8(11)12-10/h3-4,6H,5H2,1-2H3,(H2,11,12). The van der Waals surface area contributed by atoms with E-state index in [0.717, 1.165) is 12.3 Å².